The van der Waals surface area contributed by atoms with Gasteiger partial charge in [0.05, 0.1) is 12.2 Å². The van der Waals surface area contributed by atoms with Gasteiger partial charge in [0.25, 0.3) is 0 Å². The maximum atomic E-state index is 13.2. The average molecular weight is 272 g/mol. The van der Waals surface area contributed by atoms with Gasteiger partial charge in [0, 0.05) is 11.9 Å². The molecule has 1 atom stereocenters. The number of hydrogen-bond acceptors (Lipinski definition) is 2. The first-order chi connectivity index (χ1) is 9.36. The first kappa shape index (κ1) is 14.5. The lowest BCUT2D eigenvalue weighted by Gasteiger charge is -2.20. The van der Waals surface area contributed by atoms with E-state index in [0.29, 0.717) is 0 Å². The van der Waals surface area contributed by atoms with E-state index in [-0.39, 0.29) is 17.3 Å². The standard InChI is InChI=1S/C17H21FN2/c1-12(13-9-15(18)11-19-10-13)20-16-7-5-14(6-8-16)17(2,3)4/h5-12,20H,1-4H3. The van der Waals surface area contributed by atoms with Gasteiger partial charge in [-0.05, 0) is 41.7 Å². The summed E-state index contributed by atoms with van der Waals surface area (Å²) in [6.45, 7) is 8.57. The van der Waals surface area contributed by atoms with E-state index in [0.717, 1.165) is 11.3 Å². The van der Waals surface area contributed by atoms with E-state index in [4.69, 9.17) is 0 Å². The molecule has 1 N–H and O–H groups in total. The number of nitrogens with zero attached hydrogens (tertiary/aromatic N) is 1. The number of benzene rings is 1. The van der Waals surface area contributed by atoms with Gasteiger partial charge in [0.1, 0.15) is 5.82 Å². The molecule has 0 aliphatic rings. The highest BCUT2D eigenvalue weighted by Crippen LogP contribution is 2.25. The molecule has 2 rings (SSSR count). The minimum absolute atomic E-state index is 0.0127. The fourth-order valence-corrected chi connectivity index (χ4v) is 2.06. The van der Waals surface area contributed by atoms with E-state index in [1.165, 1.54) is 17.8 Å². The molecule has 2 nitrogen and oxygen atoms in total. The number of pyridine rings is 1. The normalized spacial score (nSPS) is 13.1. The number of nitrogens with one attached hydrogen (secondary N) is 1. The van der Waals surface area contributed by atoms with Gasteiger partial charge >= 0.3 is 0 Å². The van der Waals surface area contributed by atoms with Gasteiger partial charge in [0.15, 0.2) is 0 Å². The monoisotopic (exact) mass is 272 g/mol. The van der Waals surface area contributed by atoms with Crippen LogP contribution in [0.25, 0.3) is 0 Å². The lowest BCUT2D eigenvalue weighted by atomic mass is 9.87. The van der Waals surface area contributed by atoms with E-state index in [2.05, 4.69) is 55.3 Å². The van der Waals surface area contributed by atoms with Crippen molar-refractivity contribution in [3.05, 3.63) is 59.7 Å². The van der Waals surface area contributed by atoms with E-state index >= 15 is 0 Å². The Balaban J connectivity index is 2.10. The maximum Gasteiger partial charge on any atom is 0.141 e. The highest BCUT2D eigenvalue weighted by molar-refractivity contribution is 5.47. The third-order valence-corrected chi connectivity index (χ3v) is 3.36. The van der Waals surface area contributed by atoms with Crippen molar-refractivity contribution in [3.8, 4) is 0 Å². The Kier molecular flexibility index (Phi) is 4.07. The predicted octanol–water partition coefficient (Wildman–Crippen LogP) is 4.69. The minimum Gasteiger partial charge on any atom is -0.378 e. The van der Waals surface area contributed by atoms with Crippen LogP contribution in [-0.4, -0.2) is 4.98 Å². The van der Waals surface area contributed by atoms with Gasteiger partial charge in [-0.15, -0.1) is 0 Å². The first-order valence-corrected chi connectivity index (χ1v) is 6.84. The third-order valence-electron chi connectivity index (χ3n) is 3.36. The molecule has 0 bridgehead atoms. The van der Waals surface area contributed by atoms with Crippen molar-refractivity contribution in [1.82, 2.24) is 4.98 Å². The van der Waals surface area contributed by atoms with Crippen LogP contribution in [0.2, 0.25) is 0 Å². The molecule has 1 aromatic heterocycles. The van der Waals surface area contributed by atoms with Crippen molar-refractivity contribution in [2.75, 3.05) is 5.32 Å². The quantitative estimate of drug-likeness (QED) is 0.876. The summed E-state index contributed by atoms with van der Waals surface area (Å²) in [5, 5.41) is 3.36. The zero-order valence-electron chi connectivity index (χ0n) is 12.4. The minimum atomic E-state index is -0.306. The SMILES string of the molecule is CC(Nc1ccc(C(C)(C)C)cc1)c1cncc(F)c1. The highest BCUT2D eigenvalue weighted by atomic mass is 19.1. The fourth-order valence-electron chi connectivity index (χ4n) is 2.06. The molecule has 0 saturated heterocycles. The van der Waals surface area contributed by atoms with Crippen molar-refractivity contribution in [3.63, 3.8) is 0 Å². The van der Waals surface area contributed by atoms with Crippen LogP contribution in [0.15, 0.2) is 42.7 Å². The molecule has 106 valence electrons. The van der Waals surface area contributed by atoms with Crippen molar-refractivity contribution in [2.45, 2.75) is 39.2 Å². The highest BCUT2D eigenvalue weighted by Gasteiger charge is 2.13. The maximum absolute atomic E-state index is 13.2. The Morgan fingerprint density at radius 3 is 2.30 bits per heavy atom. The summed E-state index contributed by atoms with van der Waals surface area (Å²) in [7, 11) is 0. The average Bonchev–Trinajstić information content (AvgIpc) is 2.38. The summed E-state index contributed by atoms with van der Waals surface area (Å²) in [6.07, 6.45) is 2.90. The van der Waals surface area contributed by atoms with Crippen LogP contribution in [0.1, 0.15) is 44.9 Å². The zero-order chi connectivity index (χ0) is 14.8. The van der Waals surface area contributed by atoms with Gasteiger partial charge in [-0.25, -0.2) is 4.39 Å². The van der Waals surface area contributed by atoms with Crippen molar-refractivity contribution >= 4 is 5.69 Å². The number of rotatable bonds is 3. The number of anilines is 1. The number of hydrogen-bond donors (Lipinski definition) is 1. The van der Waals surface area contributed by atoms with Crippen LogP contribution < -0.4 is 5.32 Å². The molecule has 0 aliphatic heterocycles. The van der Waals surface area contributed by atoms with Gasteiger partial charge in [-0.2, -0.15) is 0 Å². The lowest BCUT2D eigenvalue weighted by Crippen LogP contribution is -2.11. The Morgan fingerprint density at radius 1 is 1.10 bits per heavy atom. The summed E-state index contributed by atoms with van der Waals surface area (Å²) in [5.41, 5.74) is 3.30. The van der Waals surface area contributed by atoms with Crippen LogP contribution in [0.5, 0.6) is 0 Å². The third kappa shape index (κ3) is 3.56. The topological polar surface area (TPSA) is 24.9 Å². The Labute approximate surface area is 120 Å². The van der Waals surface area contributed by atoms with E-state index in [1.54, 1.807) is 6.20 Å². The molecule has 2 aromatic rings. The molecule has 1 heterocycles. The second-order valence-electron chi connectivity index (χ2n) is 6.13. The van der Waals surface area contributed by atoms with Crippen LogP contribution in [0.4, 0.5) is 10.1 Å². The summed E-state index contributed by atoms with van der Waals surface area (Å²) >= 11 is 0. The van der Waals surface area contributed by atoms with Gasteiger partial charge in [-0.3, -0.25) is 4.98 Å². The summed E-state index contributed by atoms with van der Waals surface area (Å²) in [4.78, 5) is 3.88. The van der Waals surface area contributed by atoms with Gasteiger partial charge in [-0.1, -0.05) is 32.9 Å². The zero-order valence-corrected chi connectivity index (χ0v) is 12.4. The summed E-state index contributed by atoms with van der Waals surface area (Å²) in [5.74, 6) is -0.306. The second-order valence-corrected chi connectivity index (χ2v) is 6.13. The largest absolute Gasteiger partial charge is 0.378 e. The van der Waals surface area contributed by atoms with Crippen molar-refractivity contribution in [2.24, 2.45) is 0 Å². The smallest absolute Gasteiger partial charge is 0.141 e. The first-order valence-electron chi connectivity index (χ1n) is 6.84. The van der Waals surface area contributed by atoms with Gasteiger partial charge in [0.2, 0.25) is 0 Å². The molecule has 0 aliphatic carbocycles. The molecule has 0 spiro atoms. The van der Waals surface area contributed by atoms with Crippen molar-refractivity contribution < 1.29 is 4.39 Å². The number of halogens is 1. The molecular formula is C17H21FN2. The molecule has 1 aromatic carbocycles. The Bertz CT molecular complexity index is 570. The van der Waals surface area contributed by atoms with Gasteiger partial charge < -0.3 is 5.32 Å². The summed E-state index contributed by atoms with van der Waals surface area (Å²) in [6, 6.07) is 9.89. The lowest BCUT2D eigenvalue weighted by molar-refractivity contribution is 0.590. The molecule has 20 heavy (non-hydrogen) atoms. The molecule has 1 unspecified atom stereocenters. The van der Waals surface area contributed by atoms with Crippen LogP contribution in [0, 0.1) is 5.82 Å². The predicted molar refractivity (Wildman–Crippen MR) is 81.4 cm³/mol. The van der Waals surface area contributed by atoms with Crippen LogP contribution >= 0.6 is 0 Å². The molecular weight excluding hydrogens is 251 g/mol. The number of aromatic nitrogens is 1. The Hall–Kier alpha value is -1.90. The van der Waals surface area contributed by atoms with E-state index in [1.807, 2.05) is 6.92 Å². The molecule has 3 heteroatoms. The van der Waals surface area contributed by atoms with E-state index < -0.39 is 0 Å². The molecule has 0 fully saturated rings. The van der Waals surface area contributed by atoms with Crippen molar-refractivity contribution in [1.29, 1.82) is 0 Å². The summed E-state index contributed by atoms with van der Waals surface area (Å²) < 4.78 is 13.2. The second kappa shape index (κ2) is 5.61. The molecule has 0 radical (unpaired) electrons. The molecule has 0 saturated carbocycles. The van der Waals surface area contributed by atoms with E-state index in [9.17, 15) is 4.39 Å². The Morgan fingerprint density at radius 2 is 1.75 bits per heavy atom. The fraction of sp³-hybridized carbons (Fsp3) is 0.353. The van der Waals surface area contributed by atoms with Crippen LogP contribution in [0.3, 0.4) is 0 Å². The molecule has 0 amide bonds. The van der Waals surface area contributed by atoms with Crippen LogP contribution in [-0.2, 0) is 5.41 Å².